The molecule has 114 valence electrons. The summed E-state index contributed by atoms with van der Waals surface area (Å²) in [6.07, 6.45) is 20.6. The lowest BCUT2D eigenvalue weighted by Crippen LogP contribution is -2.11. The Bertz CT molecular complexity index is 184. The van der Waals surface area contributed by atoms with Gasteiger partial charge in [-0.1, -0.05) is 97.8 Å². The van der Waals surface area contributed by atoms with Crippen LogP contribution in [0.4, 0.5) is 0 Å². The minimum Gasteiger partial charge on any atom is -0.0625 e. The lowest BCUT2D eigenvalue weighted by Gasteiger charge is -2.24. The molecule has 0 radical (unpaired) electrons. The smallest absolute Gasteiger partial charge is 0.0354 e. The molecule has 0 nitrogen and oxygen atoms in total. The Kier molecular flexibility index (Phi) is 8.83. The molecule has 0 bridgehead atoms. The molecule has 0 saturated heterocycles. The summed E-state index contributed by atoms with van der Waals surface area (Å²) in [5.41, 5.74) is 0.603. The molecule has 1 rings (SSSR count). The largest absolute Gasteiger partial charge is 0.0625 e. The zero-order chi connectivity index (χ0) is 14.0. The first-order valence-electron chi connectivity index (χ1n) is 9.10. The molecule has 0 aromatic heterocycles. The lowest BCUT2D eigenvalue weighted by molar-refractivity contribution is 0.280. The van der Waals surface area contributed by atoms with Crippen LogP contribution in [0.1, 0.15) is 111 Å². The summed E-state index contributed by atoms with van der Waals surface area (Å²) >= 11 is 0. The highest BCUT2D eigenvalue weighted by Gasteiger charge is 2.16. The Hall–Kier alpha value is 0. The second kappa shape index (κ2) is 9.83. The van der Waals surface area contributed by atoms with E-state index in [4.69, 9.17) is 0 Å². The van der Waals surface area contributed by atoms with Crippen LogP contribution in [-0.4, -0.2) is 0 Å². The van der Waals surface area contributed by atoms with Crippen LogP contribution in [0.25, 0.3) is 0 Å². The van der Waals surface area contributed by atoms with Crippen molar-refractivity contribution in [1.29, 1.82) is 0 Å². The van der Waals surface area contributed by atoms with Crippen LogP contribution in [0.15, 0.2) is 0 Å². The van der Waals surface area contributed by atoms with Crippen LogP contribution in [-0.2, 0) is 0 Å². The molecule has 1 saturated carbocycles. The first kappa shape index (κ1) is 17.1. The van der Waals surface area contributed by atoms with Gasteiger partial charge in [-0.3, -0.25) is 0 Å². The average molecular weight is 267 g/mol. The highest BCUT2D eigenvalue weighted by atomic mass is 14.2. The van der Waals surface area contributed by atoms with Crippen molar-refractivity contribution in [2.45, 2.75) is 111 Å². The standard InChI is InChI=1S/C19H38/c1-18-14-10-6-4-8-12-16-19(2,3)17-13-9-5-7-11-15-18/h18H,4-17H2,1-3H3. The predicted molar refractivity (Wildman–Crippen MR) is 87.6 cm³/mol. The van der Waals surface area contributed by atoms with Gasteiger partial charge in [0.1, 0.15) is 0 Å². The molecule has 1 aliphatic carbocycles. The van der Waals surface area contributed by atoms with Gasteiger partial charge in [0.05, 0.1) is 0 Å². The molecule has 1 aliphatic rings. The first-order chi connectivity index (χ1) is 9.10. The van der Waals surface area contributed by atoms with Crippen molar-refractivity contribution in [1.82, 2.24) is 0 Å². The van der Waals surface area contributed by atoms with E-state index < -0.39 is 0 Å². The van der Waals surface area contributed by atoms with E-state index in [1.54, 1.807) is 0 Å². The highest BCUT2D eigenvalue weighted by molar-refractivity contribution is 4.69. The third-order valence-corrected chi connectivity index (χ3v) is 5.10. The summed E-state index contributed by atoms with van der Waals surface area (Å²) in [4.78, 5) is 0. The zero-order valence-electron chi connectivity index (χ0n) is 14.0. The summed E-state index contributed by atoms with van der Waals surface area (Å²) in [6.45, 7) is 7.43. The van der Waals surface area contributed by atoms with Crippen LogP contribution < -0.4 is 0 Å². The van der Waals surface area contributed by atoms with Crippen molar-refractivity contribution in [2.24, 2.45) is 11.3 Å². The van der Waals surface area contributed by atoms with Crippen molar-refractivity contribution in [2.75, 3.05) is 0 Å². The van der Waals surface area contributed by atoms with Gasteiger partial charge in [0.15, 0.2) is 0 Å². The van der Waals surface area contributed by atoms with E-state index in [9.17, 15) is 0 Å². The zero-order valence-corrected chi connectivity index (χ0v) is 14.0. The van der Waals surface area contributed by atoms with Crippen LogP contribution >= 0.6 is 0 Å². The Morgan fingerprint density at radius 1 is 0.579 bits per heavy atom. The molecule has 0 heteroatoms. The molecule has 0 amide bonds. The quantitative estimate of drug-likeness (QED) is 0.437. The van der Waals surface area contributed by atoms with Gasteiger partial charge < -0.3 is 0 Å². The van der Waals surface area contributed by atoms with Gasteiger partial charge in [0.25, 0.3) is 0 Å². The van der Waals surface area contributed by atoms with Crippen molar-refractivity contribution < 1.29 is 0 Å². The monoisotopic (exact) mass is 266 g/mol. The Morgan fingerprint density at radius 3 is 1.42 bits per heavy atom. The van der Waals surface area contributed by atoms with Crippen LogP contribution in [0, 0.1) is 11.3 Å². The third kappa shape index (κ3) is 9.52. The fraction of sp³-hybridized carbons (Fsp3) is 1.00. The van der Waals surface area contributed by atoms with E-state index in [2.05, 4.69) is 20.8 Å². The third-order valence-electron chi connectivity index (χ3n) is 5.10. The SMILES string of the molecule is CC1CCCCCCCC(C)(C)CCCCCCC1. The molecule has 0 atom stereocenters. The van der Waals surface area contributed by atoms with Crippen molar-refractivity contribution >= 4 is 0 Å². The second-order valence-corrected chi connectivity index (χ2v) is 7.88. The Balaban J connectivity index is 2.26. The molecule has 0 aromatic rings. The molecule has 19 heavy (non-hydrogen) atoms. The molecular formula is C19H38. The van der Waals surface area contributed by atoms with Gasteiger partial charge in [0, 0.05) is 0 Å². The second-order valence-electron chi connectivity index (χ2n) is 7.88. The van der Waals surface area contributed by atoms with Crippen molar-refractivity contribution in [3.05, 3.63) is 0 Å². The molecular weight excluding hydrogens is 228 g/mol. The van der Waals surface area contributed by atoms with Crippen LogP contribution in [0.2, 0.25) is 0 Å². The Morgan fingerprint density at radius 2 is 0.947 bits per heavy atom. The van der Waals surface area contributed by atoms with Crippen molar-refractivity contribution in [3.8, 4) is 0 Å². The normalized spacial score (nSPS) is 26.1. The van der Waals surface area contributed by atoms with E-state index in [-0.39, 0.29) is 0 Å². The van der Waals surface area contributed by atoms with Crippen LogP contribution in [0.3, 0.4) is 0 Å². The van der Waals surface area contributed by atoms with Crippen molar-refractivity contribution in [3.63, 3.8) is 0 Å². The fourth-order valence-corrected chi connectivity index (χ4v) is 3.52. The lowest BCUT2D eigenvalue weighted by atomic mass is 9.81. The summed E-state index contributed by atoms with van der Waals surface area (Å²) in [6, 6.07) is 0. The van der Waals surface area contributed by atoms with Gasteiger partial charge in [0.2, 0.25) is 0 Å². The molecule has 0 N–H and O–H groups in total. The van der Waals surface area contributed by atoms with Gasteiger partial charge in [-0.15, -0.1) is 0 Å². The fourth-order valence-electron chi connectivity index (χ4n) is 3.52. The van der Waals surface area contributed by atoms with E-state index in [0.29, 0.717) is 5.41 Å². The van der Waals surface area contributed by atoms with Gasteiger partial charge in [-0.2, -0.15) is 0 Å². The topological polar surface area (TPSA) is 0 Å². The predicted octanol–water partition coefficient (Wildman–Crippen LogP) is 7.12. The minimum atomic E-state index is 0.603. The summed E-state index contributed by atoms with van der Waals surface area (Å²) in [5.74, 6) is 0.979. The summed E-state index contributed by atoms with van der Waals surface area (Å²) < 4.78 is 0. The maximum absolute atomic E-state index is 2.48. The number of rotatable bonds is 0. The van der Waals surface area contributed by atoms with Crippen LogP contribution in [0.5, 0.6) is 0 Å². The summed E-state index contributed by atoms with van der Waals surface area (Å²) in [5, 5.41) is 0. The van der Waals surface area contributed by atoms with Gasteiger partial charge >= 0.3 is 0 Å². The molecule has 0 aliphatic heterocycles. The molecule has 0 spiro atoms. The first-order valence-corrected chi connectivity index (χ1v) is 9.10. The van der Waals surface area contributed by atoms with E-state index in [0.717, 1.165) is 5.92 Å². The Labute approximate surface area is 122 Å². The summed E-state index contributed by atoms with van der Waals surface area (Å²) in [7, 11) is 0. The van der Waals surface area contributed by atoms with E-state index in [1.807, 2.05) is 0 Å². The number of hydrogen-bond donors (Lipinski definition) is 0. The molecule has 0 aromatic carbocycles. The van der Waals surface area contributed by atoms with Gasteiger partial charge in [-0.05, 0) is 24.2 Å². The molecule has 1 fully saturated rings. The van der Waals surface area contributed by atoms with Gasteiger partial charge in [-0.25, -0.2) is 0 Å². The van der Waals surface area contributed by atoms with E-state index in [1.165, 1.54) is 89.9 Å². The minimum absolute atomic E-state index is 0.603. The number of hydrogen-bond acceptors (Lipinski definition) is 0. The molecule has 0 heterocycles. The average Bonchev–Trinajstić information content (AvgIpc) is 2.35. The highest BCUT2D eigenvalue weighted by Crippen LogP contribution is 2.31. The molecule has 0 unspecified atom stereocenters. The maximum Gasteiger partial charge on any atom is -0.0354 e. The maximum atomic E-state index is 2.48. The van der Waals surface area contributed by atoms with E-state index >= 15 is 0 Å².